The molecule has 60 valence electrons. The molecule has 0 aliphatic rings. The van der Waals surface area contributed by atoms with Gasteiger partial charge in [0.05, 0.1) is 6.61 Å². The van der Waals surface area contributed by atoms with Crippen LogP contribution in [0.25, 0.3) is 0 Å². The van der Waals surface area contributed by atoms with Crippen LogP contribution in [0.5, 0.6) is 0 Å². The summed E-state index contributed by atoms with van der Waals surface area (Å²) in [6.45, 7) is 9.97. The first kappa shape index (κ1) is 13.7. The molecular formula is C8H16LiNO. The standard InChI is InChI=1S/C8H16NO.Li/c1-8(2)7-9(3)5-6-10-4;/h1-2,5-7H2,3-4H3;/q-1;+1. The van der Waals surface area contributed by atoms with Crippen LogP contribution >= 0.6 is 0 Å². The topological polar surface area (TPSA) is 12.5 Å². The van der Waals surface area contributed by atoms with Gasteiger partial charge in [0.25, 0.3) is 0 Å². The Kier molecular flexibility index (Phi) is 10.2. The van der Waals surface area contributed by atoms with Gasteiger partial charge in [0.2, 0.25) is 0 Å². The van der Waals surface area contributed by atoms with Gasteiger partial charge in [0.15, 0.2) is 0 Å². The number of hydrogen-bond acceptors (Lipinski definition) is 2. The fourth-order valence-corrected chi connectivity index (χ4v) is 0.708. The molecule has 0 aromatic heterocycles. The maximum atomic E-state index is 4.90. The molecule has 0 saturated carbocycles. The van der Waals surface area contributed by atoms with Gasteiger partial charge >= 0.3 is 18.9 Å². The molecule has 0 spiro atoms. The van der Waals surface area contributed by atoms with E-state index in [1.165, 1.54) is 0 Å². The number of rotatable bonds is 5. The van der Waals surface area contributed by atoms with Crippen LogP contribution in [0.15, 0.2) is 12.2 Å². The minimum Gasteiger partial charge on any atom is -0.383 e. The summed E-state index contributed by atoms with van der Waals surface area (Å²) >= 11 is 0. The first-order chi connectivity index (χ1) is 4.66. The van der Waals surface area contributed by atoms with Gasteiger partial charge in [-0.15, -0.1) is 0 Å². The maximum absolute atomic E-state index is 4.90. The summed E-state index contributed by atoms with van der Waals surface area (Å²) in [6, 6.07) is 0. The fraction of sp³-hybridized carbons (Fsp3) is 0.625. The summed E-state index contributed by atoms with van der Waals surface area (Å²) in [5.74, 6) is 0. The summed E-state index contributed by atoms with van der Waals surface area (Å²) in [6.07, 6.45) is 0. The molecule has 11 heavy (non-hydrogen) atoms. The Morgan fingerprint density at radius 2 is 2.18 bits per heavy atom. The number of hydrogen-bond donors (Lipinski definition) is 0. The Balaban J connectivity index is 0. The third-order valence-corrected chi connectivity index (χ3v) is 1.17. The van der Waals surface area contributed by atoms with Crippen LogP contribution in [-0.4, -0.2) is 38.8 Å². The van der Waals surface area contributed by atoms with Crippen molar-refractivity contribution in [2.75, 3.05) is 33.9 Å². The average molecular weight is 149 g/mol. The summed E-state index contributed by atoms with van der Waals surface area (Å²) in [4.78, 5) is 2.12. The van der Waals surface area contributed by atoms with Crippen molar-refractivity contribution in [1.29, 1.82) is 0 Å². The summed E-state index contributed by atoms with van der Waals surface area (Å²) < 4.78 is 4.90. The van der Waals surface area contributed by atoms with Gasteiger partial charge in [0.1, 0.15) is 0 Å². The largest absolute Gasteiger partial charge is 1.00 e. The van der Waals surface area contributed by atoms with Crippen molar-refractivity contribution in [3.05, 3.63) is 19.1 Å². The van der Waals surface area contributed by atoms with Crippen LogP contribution < -0.4 is 18.9 Å². The van der Waals surface area contributed by atoms with Crippen molar-refractivity contribution in [2.45, 2.75) is 0 Å². The van der Waals surface area contributed by atoms with E-state index in [0.717, 1.165) is 25.3 Å². The van der Waals surface area contributed by atoms with Crippen molar-refractivity contribution < 1.29 is 23.6 Å². The minimum atomic E-state index is 0. The Morgan fingerprint density at radius 1 is 1.64 bits per heavy atom. The third-order valence-electron chi connectivity index (χ3n) is 1.17. The molecule has 0 N–H and O–H groups in total. The maximum Gasteiger partial charge on any atom is 1.00 e. The van der Waals surface area contributed by atoms with Gasteiger partial charge in [-0.2, -0.15) is 0 Å². The second-order valence-electron chi connectivity index (χ2n) is 2.48. The molecule has 2 nitrogen and oxygen atoms in total. The molecule has 0 unspecified atom stereocenters. The number of nitrogens with zero attached hydrogens (tertiary/aromatic N) is 1. The summed E-state index contributed by atoms with van der Waals surface area (Å²) in [5.41, 5.74) is 0.943. The second kappa shape index (κ2) is 8.23. The predicted molar refractivity (Wildman–Crippen MR) is 43.9 cm³/mol. The van der Waals surface area contributed by atoms with Crippen LogP contribution in [0.2, 0.25) is 0 Å². The predicted octanol–water partition coefficient (Wildman–Crippen LogP) is -2.04. The molecule has 0 saturated heterocycles. The van der Waals surface area contributed by atoms with E-state index in [4.69, 9.17) is 4.74 Å². The van der Waals surface area contributed by atoms with Crippen molar-refractivity contribution in [3.63, 3.8) is 0 Å². The molecule has 0 fully saturated rings. The first-order valence-electron chi connectivity index (χ1n) is 3.34. The van der Waals surface area contributed by atoms with E-state index >= 15 is 0 Å². The van der Waals surface area contributed by atoms with Crippen LogP contribution in [0.3, 0.4) is 0 Å². The van der Waals surface area contributed by atoms with Crippen molar-refractivity contribution in [2.24, 2.45) is 0 Å². The van der Waals surface area contributed by atoms with Crippen molar-refractivity contribution in [3.8, 4) is 0 Å². The van der Waals surface area contributed by atoms with E-state index in [2.05, 4.69) is 18.4 Å². The first-order valence-corrected chi connectivity index (χ1v) is 3.34. The van der Waals surface area contributed by atoms with E-state index in [9.17, 15) is 0 Å². The Hall–Kier alpha value is 0.127. The van der Waals surface area contributed by atoms with Crippen LogP contribution in [0.1, 0.15) is 0 Å². The van der Waals surface area contributed by atoms with E-state index in [0.29, 0.717) is 0 Å². The number of likely N-dealkylation sites (N-methyl/N-ethyl adjacent to an activating group) is 1. The fourth-order valence-electron chi connectivity index (χ4n) is 0.708. The zero-order chi connectivity index (χ0) is 7.98. The van der Waals surface area contributed by atoms with Crippen molar-refractivity contribution in [1.82, 2.24) is 4.90 Å². The normalized spacial score (nSPS) is 9.36. The van der Waals surface area contributed by atoms with Gasteiger partial charge < -0.3 is 9.64 Å². The van der Waals surface area contributed by atoms with E-state index < -0.39 is 0 Å². The minimum absolute atomic E-state index is 0. The second-order valence-corrected chi connectivity index (χ2v) is 2.48. The Labute approximate surface area is 81.8 Å². The molecule has 0 bridgehead atoms. The van der Waals surface area contributed by atoms with Gasteiger partial charge in [-0.05, 0) is 13.6 Å². The molecule has 0 aliphatic heterocycles. The van der Waals surface area contributed by atoms with Gasteiger partial charge in [-0.25, -0.2) is 19.1 Å². The molecule has 0 radical (unpaired) electrons. The summed E-state index contributed by atoms with van der Waals surface area (Å²) in [5, 5.41) is 0. The molecular weight excluding hydrogens is 133 g/mol. The van der Waals surface area contributed by atoms with Crippen LogP contribution in [-0.2, 0) is 4.74 Å². The number of ether oxygens (including phenoxy) is 1. The Bertz CT molecular complexity index is 106. The average Bonchev–Trinajstić information content (AvgIpc) is 1.82. The molecule has 0 rings (SSSR count). The molecule has 0 heterocycles. The molecule has 0 amide bonds. The van der Waals surface area contributed by atoms with Crippen LogP contribution in [0, 0.1) is 6.92 Å². The van der Waals surface area contributed by atoms with E-state index in [1.54, 1.807) is 7.11 Å². The molecule has 0 aliphatic carbocycles. The van der Waals surface area contributed by atoms with Gasteiger partial charge in [-0.3, -0.25) is 0 Å². The van der Waals surface area contributed by atoms with Crippen LogP contribution in [0.4, 0.5) is 0 Å². The SMILES string of the molecule is C=C([CH2-])CN(C)CCOC.[Li+]. The molecule has 3 heteroatoms. The smallest absolute Gasteiger partial charge is 0.383 e. The van der Waals surface area contributed by atoms with Gasteiger partial charge in [0, 0.05) is 13.7 Å². The van der Waals surface area contributed by atoms with Gasteiger partial charge in [-0.1, -0.05) is 0 Å². The van der Waals surface area contributed by atoms with E-state index in [-0.39, 0.29) is 18.9 Å². The molecule has 0 atom stereocenters. The van der Waals surface area contributed by atoms with Crippen molar-refractivity contribution >= 4 is 0 Å². The number of methoxy groups -OCH3 is 1. The molecule has 0 aromatic carbocycles. The third kappa shape index (κ3) is 10.1. The quantitative estimate of drug-likeness (QED) is 0.330. The zero-order valence-corrected chi connectivity index (χ0v) is 7.89. The monoisotopic (exact) mass is 149 g/mol. The molecule has 0 aromatic rings. The zero-order valence-electron chi connectivity index (χ0n) is 7.89. The van der Waals surface area contributed by atoms with E-state index in [1.807, 2.05) is 7.05 Å². The Morgan fingerprint density at radius 3 is 2.55 bits per heavy atom. The summed E-state index contributed by atoms with van der Waals surface area (Å²) in [7, 11) is 3.72.